The van der Waals surface area contributed by atoms with Crippen molar-refractivity contribution in [2.45, 2.75) is 13.0 Å². The maximum Gasteiger partial charge on any atom is 0.232 e. The highest BCUT2D eigenvalue weighted by Gasteiger charge is 2.32. The molecule has 1 aliphatic rings. The lowest BCUT2D eigenvalue weighted by Gasteiger charge is -2.16. The zero-order valence-electron chi connectivity index (χ0n) is 10.1. The molecule has 1 aromatic carbocycles. The van der Waals surface area contributed by atoms with Crippen LogP contribution < -0.4 is 0 Å². The lowest BCUT2D eigenvalue weighted by molar-refractivity contribution is -0.128. The molecule has 1 amide bonds. The van der Waals surface area contributed by atoms with Crippen molar-refractivity contribution in [3.63, 3.8) is 0 Å². The maximum absolute atomic E-state index is 13.5. The van der Waals surface area contributed by atoms with Crippen LogP contribution in [-0.2, 0) is 20.4 Å². The molecule has 7 heteroatoms. The molecule has 1 atom stereocenters. The predicted octanol–water partition coefficient (Wildman–Crippen LogP) is 1.74. The van der Waals surface area contributed by atoms with Crippen molar-refractivity contribution in [2.75, 3.05) is 12.3 Å². The number of likely N-dealkylation sites (tertiary alicyclic amines) is 1. The average Bonchev–Trinajstić information content (AvgIpc) is 2.60. The monoisotopic (exact) mass is 305 g/mol. The molecule has 0 saturated carbocycles. The Kier molecular flexibility index (Phi) is 4.10. The van der Waals surface area contributed by atoms with Crippen molar-refractivity contribution < 1.29 is 17.6 Å². The molecule has 0 radical (unpaired) electrons. The van der Waals surface area contributed by atoms with Gasteiger partial charge in [-0.25, -0.2) is 12.8 Å². The van der Waals surface area contributed by atoms with E-state index in [1.807, 2.05) is 0 Å². The molecule has 1 saturated heterocycles. The topological polar surface area (TPSA) is 54.5 Å². The number of amides is 1. The van der Waals surface area contributed by atoms with Gasteiger partial charge >= 0.3 is 0 Å². The number of benzene rings is 1. The summed E-state index contributed by atoms with van der Waals surface area (Å²) in [6, 6.07) is 6.21. The number of hydrogen-bond acceptors (Lipinski definition) is 3. The summed E-state index contributed by atoms with van der Waals surface area (Å²) in [4.78, 5) is 13.2. The SMILES string of the molecule is O=C1CC(CS(=O)(=O)Cl)CN1Cc1ccccc1F. The summed E-state index contributed by atoms with van der Waals surface area (Å²) >= 11 is 0. The first kappa shape index (κ1) is 14.3. The zero-order chi connectivity index (χ0) is 14.0. The summed E-state index contributed by atoms with van der Waals surface area (Å²) in [5.74, 6) is -1.09. The molecular formula is C12H13ClFNO3S. The standard InChI is InChI=1S/C12H13ClFNO3S/c13-19(17,18)8-9-5-12(16)15(6-9)7-10-3-1-2-4-11(10)14/h1-4,9H,5-8H2. The summed E-state index contributed by atoms with van der Waals surface area (Å²) in [6.07, 6.45) is 0.139. The number of rotatable bonds is 4. The van der Waals surface area contributed by atoms with E-state index < -0.39 is 9.05 Å². The molecule has 2 rings (SSSR count). The van der Waals surface area contributed by atoms with Crippen LogP contribution in [0.15, 0.2) is 24.3 Å². The Morgan fingerprint density at radius 3 is 2.68 bits per heavy atom. The van der Waals surface area contributed by atoms with Gasteiger partial charge in [0.15, 0.2) is 0 Å². The van der Waals surface area contributed by atoms with Gasteiger partial charge in [-0.15, -0.1) is 0 Å². The van der Waals surface area contributed by atoms with Gasteiger partial charge in [0, 0.05) is 41.7 Å². The van der Waals surface area contributed by atoms with E-state index in [-0.39, 0.29) is 36.4 Å². The summed E-state index contributed by atoms with van der Waals surface area (Å²) in [5, 5.41) is 0. The molecule has 1 aliphatic heterocycles. The van der Waals surface area contributed by atoms with Gasteiger partial charge in [-0.2, -0.15) is 0 Å². The number of hydrogen-bond donors (Lipinski definition) is 0. The van der Waals surface area contributed by atoms with Crippen LogP contribution in [0.1, 0.15) is 12.0 Å². The van der Waals surface area contributed by atoms with Crippen molar-refractivity contribution in [3.05, 3.63) is 35.6 Å². The zero-order valence-corrected chi connectivity index (χ0v) is 11.6. The highest BCUT2D eigenvalue weighted by atomic mass is 35.7. The second-order valence-electron chi connectivity index (χ2n) is 4.64. The van der Waals surface area contributed by atoms with E-state index in [2.05, 4.69) is 0 Å². The number of nitrogens with zero attached hydrogens (tertiary/aromatic N) is 1. The van der Waals surface area contributed by atoms with E-state index >= 15 is 0 Å². The van der Waals surface area contributed by atoms with Crippen LogP contribution in [0, 0.1) is 11.7 Å². The summed E-state index contributed by atoms with van der Waals surface area (Å²) < 4.78 is 35.5. The van der Waals surface area contributed by atoms with E-state index in [9.17, 15) is 17.6 Å². The molecule has 0 bridgehead atoms. The van der Waals surface area contributed by atoms with Crippen LogP contribution in [0.4, 0.5) is 4.39 Å². The molecule has 1 heterocycles. The van der Waals surface area contributed by atoms with Crippen LogP contribution >= 0.6 is 10.7 Å². The Bertz CT molecular complexity index is 590. The van der Waals surface area contributed by atoms with Crippen LogP contribution in [0.5, 0.6) is 0 Å². The Balaban J connectivity index is 2.03. The summed E-state index contributed by atoms with van der Waals surface area (Å²) in [5.41, 5.74) is 0.422. The fraction of sp³-hybridized carbons (Fsp3) is 0.417. The van der Waals surface area contributed by atoms with Gasteiger partial charge < -0.3 is 4.90 Å². The fourth-order valence-electron chi connectivity index (χ4n) is 2.23. The summed E-state index contributed by atoms with van der Waals surface area (Å²) in [7, 11) is 1.56. The van der Waals surface area contributed by atoms with Gasteiger partial charge in [0.2, 0.25) is 15.0 Å². The largest absolute Gasteiger partial charge is 0.338 e. The molecule has 1 aromatic rings. The third-order valence-electron chi connectivity index (χ3n) is 3.05. The van der Waals surface area contributed by atoms with Crippen LogP contribution in [0.3, 0.4) is 0 Å². The second-order valence-corrected chi connectivity index (χ2v) is 7.46. The van der Waals surface area contributed by atoms with E-state index in [1.165, 1.54) is 11.0 Å². The molecule has 0 aliphatic carbocycles. The van der Waals surface area contributed by atoms with Crippen molar-refractivity contribution in [1.82, 2.24) is 4.90 Å². The van der Waals surface area contributed by atoms with Crippen LogP contribution in [0.2, 0.25) is 0 Å². The number of carbonyl (C=O) groups excluding carboxylic acids is 1. The molecule has 4 nitrogen and oxygen atoms in total. The molecule has 1 unspecified atom stereocenters. The minimum Gasteiger partial charge on any atom is -0.338 e. The van der Waals surface area contributed by atoms with Crippen molar-refractivity contribution in [2.24, 2.45) is 5.92 Å². The smallest absolute Gasteiger partial charge is 0.232 e. The maximum atomic E-state index is 13.5. The van der Waals surface area contributed by atoms with Crippen LogP contribution in [0.25, 0.3) is 0 Å². The first-order chi connectivity index (χ1) is 8.85. The Morgan fingerprint density at radius 2 is 2.05 bits per heavy atom. The van der Waals surface area contributed by atoms with Gasteiger partial charge in [-0.3, -0.25) is 4.79 Å². The second kappa shape index (κ2) is 5.46. The first-order valence-electron chi connectivity index (χ1n) is 5.78. The van der Waals surface area contributed by atoms with Crippen molar-refractivity contribution >= 4 is 25.6 Å². The summed E-state index contributed by atoms with van der Waals surface area (Å²) in [6.45, 7) is 0.448. The van der Waals surface area contributed by atoms with Gasteiger partial charge in [0.25, 0.3) is 0 Å². The highest BCUT2D eigenvalue weighted by Crippen LogP contribution is 2.23. The molecular weight excluding hydrogens is 293 g/mol. The van der Waals surface area contributed by atoms with Gasteiger partial charge in [-0.1, -0.05) is 18.2 Å². The van der Waals surface area contributed by atoms with Crippen molar-refractivity contribution in [1.29, 1.82) is 0 Å². The third kappa shape index (κ3) is 3.91. The first-order valence-corrected chi connectivity index (χ1v) is 8.26. The predicted molar refractivity (Wildman–Crippen MR) is 69.6 cm³/mol. The highest BCUT2D eigenvalue weighted by molar-refractivity contribution is 8.13. The quantitative estimate of drug-likeness (QED) is 0.796. The minimum atomic E-state index is -3.62. The number of halogens is 2. The molecule has 0 spiro atoms. The molecule has 104 valence electrons. The molecule has 0 N–H and O–H groups in total. The minimum absolute atomic E-state index is 0.139. The van der Waals surface area contributed by atoms with Gasteiger partial charge in [-0.05, 0) is 6.07 Å². The average molecular weight is 306 g/mol. The molecule has 1 fully saturated rings. The van der Waals surface area contributed by atoms with E-state index in [0.717, 1.165) is 0 Å². The van der Waals surface area contributed by atoms with Crippen molar-refractivity contribution in [3.8, 4) is 0 Å². The van der Waals surface area contributed by atoms with Crippen LogP contribution in [-0.4, -0.2) is 31.5 Å². The van der Waals surface area contributed by atoms with Gasteiger partial charge in [0.05, 0.1) is 5.75 Å². The Labute approximate surface area is 115 Å². The number of carbonyl (C=O) groups is 1. The van der Waals surface area contributed by atoms with Gasteiger partial charge in [0.1, 0.15) is 5.82 Å². The van der Waals surface area contributed by atoms with E-state index in [4.69, 9.17) is 10.7 Å². The van der Waals surface area contributed by atoms with E-state index in [0.29, 0.717) is 12.1 Å². The fourth-order valence-corrected chi connectivity index (χ4v) is 3.55. The molecule has 19 heavy (non-hydrogen) atoms. The normalized spacial score (nSPS) is 20.0. The third-order valence-corrected chi connectivity index (χ3v) is 4.30. The van der Waals surface area contributed by atoms with E-state index in [1.54, 1.807) is 18.2 Å². The lowest BCUT2D eigenvalue weighted by Crippen LogP contribution is -2.25. The Hall–Kier alpha value is -1.14. The lowest BCUT2D eigenvalue weighted by atomic mass is 10.1. The molecule has 0 aromatic heterocycles. The Morgan fingerprint density at radius 1 is 1.37 bits per heavy atom.